The predicted octanol–water partition coefficient (Wildman–Crippen LogP) is 4.57. The summed E-state index contributed by atoms with van der Waals surface area (Å²) in [5.41, 5.74) is 7.25. The van der Waals surface area contributed by atoms with Crippen LogP contribution >= 0.6 is 11.6 Å². The number of anilines is 2. The summed E-state index contributed by atoms with van der Waals surface area (Å²) in [6.07, 6.45) is 1.61. The van der Waals surface area contributed by atoms with Crippen LogP contribution in [0.1, 0.15) is 26.4 Å². The molecule has 1 amide bonds. The Morgan fingerprint density at radius 1 is 1.03 bits per heavy atom. The summed E-state index contributed by atoms with van der Waals surface area (Å²) in [7, 11) is 0. The molecule has 0 radical (unpaired) electrons. The number of nitrogen functional groups attached to an aromatic ring is 1. The largest absolute Gasteiger partial charge is 0.396 e. The number of aromatic nitrogens is 1. The maximum atomic E-state index is 13.2. The van der Waals surface area contributed by atoms with Crippen molar-refractivity contribution < 1.29 is 14.5 Å². The molecular formula is C22H15ClN4O4. The molecule has 0 atom stereocenters. The number of hydrogen-bond donors (Lipinski definition) is 2. The van der Waals surface area contributed by atoms with E-state index >= 15 is 0 Å². The van der Waals surface area contributed by atoms with Gasteiger partial charge in [-0.1, -0.05) is 29.8 Å². The standard InChI is InChI=1S/C22H15ClN4O4/c23-14-7-9-15(10-8-14)25-22(29)18-17-6-1-2-11-26(17)20(19(18)24)21(28)13-4-3-5-16(12-13)27(30)31/h1-12H,24H2,(H,25,29). The Kier molecular flexibility index (Phi) is 5.14. The van der Waals surface area contributed by atoms with Gasteiger partial charge in [-0.05, 0) is 36.4 Å². The number of amides is 1. The molecule has 0 unspecified atom stereocenters. The highest BCUT2D eigenvalue weighted by atomic mass is 35.5. The first kappa shape index (κ1) is 20.1. The second kappa shape index (κ2) is 7.92. The van der Waals surface area contributed by atoms with Crippen LogP contribution in [-0.4, -0.2) is 21.0 Å². The van der Waals surface area contributed by atoms with Crippen molar-refractivity contribution in [1.29, 1.82) is 0 Å². The molecule has 2 aromatic heterocycles. The van der Waals surface area contributed by atoms with Gasteiger partial charge in [0, 0.05) is 34.6 Å². The van der Waals surface area contributed by atoms with E-state index in [0.29, 0.717) is 16.2 Å². The lowest BCUT2D eigenvalue weighted by atomic mass is 10.1. The van der Waals surface area contributed by atoms with Crippen LogP contribution in [0.15, 0.2) is 72.9 Å². The van der Waals surface area contributed by atoms with E-state index in [-0.39, 0.29) is 28.2 Å². The molecule has 154 valence electrons. The van der Waals surface area contributed by atoms with E-state index < -0.39 is 16.6 Å². The lowest BCUT2D eigenvalue weighted by Gasteiger charge is -2.06. The van der Waals surface area contributed by atoms with E-state index in [9.17, 15) is 19.7 Å². The molecule has 0 saturated heterocycles. The van der Waals surface area contributed by atoms with Gasteiger partial charge in [0.25, 0.3) is 11.6 Å². The van der Waals surface area contributed by atoms with Crippen LogP contribution in [0.4, 0.5) is 17.1 Å². The molecular weight excluding hydrogens is 420 g/mol. The minimum absolute atomic E-state index is 0.0193. The molecule has 31 heavy (non-hydrogen) atoms. The van der Waals surface area contributed by atoms with Crippen molar-refractivity contribution in [3.63, 3.8) is 0 Å². The molecule has 0 aliphatic carbocycles. The van der Waals surface area contributed by atoms with Gasteiger partial charge >= 0.3 is 0 Å². The Balaban J connectivity index is 1.81. The van der Waals surface area contributed by atoms with Gasteiger partial charge in [-0.25, -0.2) is 0 Å². The number of hydrogen-bond acceptors (Lipinski definition) is 5. The highest BCUT2D eigenvalue weighted by Gasteiger charge is 2.26. The van der Waals surface area contributed by atoms with Crippen LogP contribution in [0.25, 0.3) is 5.52 Å². The van der Waals surface area contributed by atoms with Crippen molar-refractivity contribution in [2.45, 2.75) is 0 Å². The van der Waals surface area contributed by atoms with E-state index in [0.717, 1.165) is 0 Å². The molecule has 0 fully saturated rings. The minimum Gasteiger partial charge on any atom is -0.396 e. The van der Waals surface area contributed by atoms with E-state index in [1.54, 1.807) is 48.7 Å². The quantitative estimate of drug-likeness (QED) is 0.271. The maximum absolute atomic E-state index is 13.2. The average molecular weight is 435 g/mol. The molecule has 0 aliphatic heterocycles. The van der Waals surface area contributed by atoms with E-state index in [1.807, 2.05) is 0 Å². The molecule has 2 heterocycles. The molecule has 0 bridgehead atoms. The van der Waals surface area contributed by atoms with E-state index in [4.69, 9.17) is 17.3 Å². The molecule has 0 spiro atoms. The van der Waals surface area contributed by atoms with Crippen molar-refractivity contribution >= 4 is 45.9 Å². The van der Waals surface area contributed by atoms with Gasteiger partial charge in [-0.2, -0.15) is 0 Å². The van der Waals surface area contributed by atoms with Gasteiger partial charge in [0.1, 0.15) is 5.69 Å². The molecule has 2 aromatic carbocycles. The normalized spacial score (nSPS) is 10.7. The van der Waals surface area contributed by atoms with Crippen molar-refractivity contribution in [2.24, 2.45) is 0 Å². The van der Waals surface area contributed by atoms with Crippen molar-refractivity contribution in [2.75, 3.05) is 11.1 Å². The first-order valence-corrected chi connectivity index (χ1v) is 9.49. The summed E-state index contributed by atoms with van der Waals surface area (Å²) in [5.74, 6) is -1.03. The smallest absolute Gasteiger partial charge is 0.270 e. The number of non-ortho nitro benzene ring substituents is 1. The molecule has 8 nitrogen and oxygen atoms in total. The van der Waals surface area contributed by atoms with Crippen molar-refractivity contribution in [1.82, 2.24) is 4.40 Å². The third-order valence-corrected chi connectivity index (χ3v) is 5.00. The van der Waals surface area contributed by atoms with Gasteiger partial charge in [-0.15, -0.1) is 0 Å². The van der Waals surface area contributed by atoms with Crippen molar-refractivity contribution in [3.05, 3.63) is 105 Å². The molecule has 0 saturated carbocycles. The predicted molar refractivity (Wildman–Crippen MR) is 118 cm³/mol. The number of nitrogens with two attached hydrogens (primary N) is 1. The highest BCUT2D eigenvalue weighted by molar-refractivity contribution is 6.30. The van der Waals surface area contributed by atoms with Crippen LogP contribution in [0.5, 0.6) is 0 Å². The Morgan fingerprint density at radius 3 is 2.48 bits per heavy atom. The van der Waals surface area contributed by atoms with Crippen LogP contribution in [0, 0.1) is 10.1 Å². The Labute approximate surface area is 181 Å². The molecule has 0 aliphatic rings. The lowest BCUT2D eigenvalue weighted by molar-refractivity contribution is -0.384. The van der Waals surface area contributed by atoms with Gasteiger partial charge < -0.3 is 15.5 Å². The Hall–Kier alpha value is -4.17. The molecule has 4 aromatic rings. The number of carbonyl (C=O) groups is 2. The fourth-order valence-corrected chi connectivity index (χ4v) is 3.45. The monoisotopic (exact) mass is 434 g/mol. The fourth-order valence-electron chi connectivity index (χ4n) is 3.32. The van der Waals surface area contributed by atoms with Crippen LogP contribution in [-0.2, 0) is 0 Å². The average Bonchev–Trinajstić information content (AvgIpc) is 3.06. The van der Waals surface area contributed by atoms with E-state index in [1.165, 1.54) is 28.7 Å². The second-order valence-electron chi connectivity index (χ2n) is 6.69. The number of benzene rings is 2. The van der Waals surface area contributed by atoms with E-state index in [2.05, 4.69) is 5.32 Å². The Morgan fingerprint density at radius 2 is 1.77 bits per heavy atom. The number of pyridine rings is 1. The van der Waals surface area contributed by atoms with Gasteiger partial charge in [0.15, 0.2) is 0 Å². The number of nitro benzene ring substituents is 1. The zero-order chi connectivity index (χ0) is 22.1. The second-order valence-corrected chi connectivity index (χ2v) is 7.13. The number of halogens is 1. The van der Waals surface area contributed by atoms with Crippen molar-refractivity contribution in [3.8, 4) is 0 Å². The Bertz CT molecular complexity index is 1350. The fraction of sp³-hybridized carbons (Fsp3) is 0. The van der Waals surface area contributed by atoms with Crippen LogP contribution in [0.2, 0.25) is 5.02 Å². The summed E-state index contributed by atoms with van der Waals surface area (Å²) >= 11 is 5.88. The summed E-state index contributed by atoms with van der Waals surface area (Å²) in [6, 6.07) is 17.0. The van der Waals surface area contributed by atoms with Gasteiger partial charge in [-0.3, -0.25) is 19.7 Å². The molecule has 3 N–H and O–H groups in total. The zero-order valence-electron chi connectivity index (χ0n) is 15.9. The van der Waals surface area contributed by atoms with Gasteiger partial charge in [0.2, 0.25) is 5.78 Å². The maximum Gasteiger partial charge on any atom is 0.270 e. The first-order valence-electron chi connectivity index (χ1n) is 9.11. The number of nitrogens with one attached hydrogen (secondary N) is 1. The summed E-state index contributed by atoms with van der Waals surface area (Å²) in [5, 5.41) is 14.4. The summed E-state index contributed by atoms with van der Waals surface area (Å²) in [4.78, 5) is 36.7. The SMILES string of the molecule is Nc1c(C(=O)Nc2ccc(Cl)cc2)c2ccccn2c1C(=O)c1cccc([N+](=O)[O-])c1. The molecule has 4 rings (SSSR count). The summed E-state index contributed by atoms with van der Waals surface area (Å²) < 4.78 is 1.51. The third-order valence-electron chi connectivity index (χ3n) is 4.74. The molecule has 9 heteroatoms. The first-order chi connectivity index (χ1) is 14.9. The topological polar surface area (TPSA) is 120 Å². The number of nitro groups is 1. The minimum atomic E-state index is -0.582. The van der Waals surface area contributed by atoms with Gasteiger partial charge in [0.05, 0.1) is 21.7 Å². The number of nitrogens with zero attached hydrogens (tertiary/aromatic N) is 2. The zero-order valence-corrected chi connectivity index (χ0v) is 16.7. The summed E-state index contributed by atoms with van der Waals surface area (Å²) in [6.45, 7) is 0. The highest BCUT2D eigenvalue weighted by Crippen LogP contribution is 2.30. The number of rotatable bonds is 5. The lowest BCUT2D eigenvalue weighted by Crippen LogP contribution is -2.14. The number of ketones is 1. The van der Waals surface area contributed by atoms with Crippen LogP contribution in [0.3, 0.4) is 0 Å². The number of fused-ring (bicyclic) bond motifs is 1. The van der Waals surface area contributed by atoms with Crippen LogP contribution < -0.4 is 11.1 Å². The third kappa shape index (κ3) is 3.72. The number of carbonyl (C=O) groups excluding carboxylic acids is 2.